The molecule has 2 aromatic rings. The van der Waals surface area contributed by atoms with Crippen LogP contribution in [0.4, 0.5) is 0 Å². The van der Waals surface area contributed by atoms with Gasteiger partial charge in [-0.3, -0.25) is 4.79 Å². The lowest BCUT2D eigenvalue weighted by Gasteiger charge is -2.17. The number of halogens is 2. The lowest BCUT2D eigenvalue weighted by atomic mass is 10.2. The van der Waals surface area contributed by atoms with Crippen molar-refractivity contribution in [2.75, 3.05) is 7.05 Å². The van der Waals surface area contributed by atoms with E-state index in [1.807, 2.05) is 6.07 Å². The van der Waals surface area contributed by atoms with Crippen molar-refractivity contribution in [3.63, 3.8) is 0 Å². The van der Waals surface area contributed by atoms with Gasteiger partial charge in [-0.1, -0.05) is 27.5 Å². The van der Waals surface area contributed by atoms with E-state index < -0.39 is 0 Å². The highest BCUT2D eigenvalue weighted by Crippen LogP contribution is 2.23. The Balaban J connectivity index is 1.80. The van der Waals surface area contributed by atoms with Crippen LogP contribution in [0.1, 0.15) is 28.4 Å². The summed E-state index contributed by atoms with van der Waals surface area (Å²) in [5.41, 5.74) is 0.481. The average molecular weight is 370 g/mol. The zero-order chi connectivity index (χ0) is 15.0. The van der Waals surface area contributed by atoms with Crippen LogP contribution in [-0.2, 0) is 19.5 Å². The molecule has 0 N–H and O–H groups in total. The number of hydrogen-bond donors (Lipinski definition) is 0. The van der Waals surface area contributed by atoms with Crippen molar-refractivity contribution in [3.05, 3.63) is 44.9 Å². The second kappa shape index (κ2) is 5.77. The summed E-state index contributed by atoms with van der Waals surface area (Å²) < 4.78 is 2.92. The molecule has 1 aliphatic heterocycles. The molecule has 1 aromatic carbocycles. The van der Waals surface area contributed by atoms with Crippen LogP contribution >= 0.6 is 27.5 Å². The molecular formula is C14H14BrClN4O. The number of carbonyl (C=O) groups is 1. The number of carbonyl (C=O) groups excluding carboxylic acids is 1. The predicted octanol–water partition coefficient (Wildman–Crippen LogP) is 2.91. The molecule has 2 heterocycles. The first-order valence-corrected chi connectivity index (χ1v) is 7.85. The van der Waals surface area contributed by atoms with Gasteiger partial charge in [-0.25, -0.2) is 0 Å². The van der Waals surface area contributed by atoms with Gasteiger partial charge in [-0.15, -0.1) is 10.2 Å². The van der Waals surface area contributed by atoms with E-state index in [9.17, 15) is 4.79 Å². The van der Waals surface area contributed by atoms with E-state index in [0.29, 0.717) is 17.1 Å². The first-order chi connectivity index (χ1) is 10.1. The third-order valence-corrected chi connectivity index (χ3v) is 4.39. The van der Waals surface area contributed by atoms with Crippen LogP contribution in [0.15, 0.2) is 22.7 Å². The molecule has 110 valence electrons. The van der Waals surface area contributed by atoms with E-state index in [1.165, 1.54) is 0 Å². The number of fused-ring (bicyclic) bond motifs is 1. The van der Waals surface area contributed by atoms with Crippen molar-refractivity contribution >= 4 is 33.4 Å². The molecule has 1 aliphatic rings. The summed E-state index contributed by atoms with van der Waals surface area (Å²) in [7, 11) is 1.75. The van der Waals surface area contributed by atoms with Gasteiger partial charge in [0.15, 0.2) is 5.82 Å². The van der Waals surface area contributed by atoms with Crippen molar-refractivity contribution < 1.29 is 4.79 Å². The molecule has 1 aromatic heterocycles. The number of amides is 1. The molecule has 0 saturated heterocycles. The van der Waals surface area contributed by atoms with Gasteiger partial charge in [-0.05, 0) is 24.6 Å². The fraction of sp³-hybridized carbons (Fsp3) is 0.357. The van der Waals surface area contributed by atoms with Crippen LogP contribution < -0.4 is 0 Å². The Bertz CT molecular complexity index is 700. The molecule has 0 atom stereocenters. The lowest BCUT2D eigenvalue weighted by molar-refractivity contribution is 0.0780. The number of aromatic nitrogens is 3. The number of aryl methyl sites for hydroxylation is 1. The van der Waals surface area contributed by atoms with Gasteiger partial charge in [0.05, 0.1) is 17.1 Å². The molecule has 0 fully saturated rings. The summed E-state index contributed by atoms with van der Waals surface area (Å²) in [6.45, 7) is 1.35. The van der Waals surface area contributed by atoms with Crippen molar-refractivity contribution in [2.24, 2.45) is 0 Å². The van der Waals surface area contributed by atoms with Crippen LogP contribution in [0.5, 0.6) is 0 Å². The molecule has 0 radical (unpaired) electrons. The van der Waals surface area contributed by atoms with Gasteiger partial charge in [-0.2, -0.15) is 0 Å². The van der Waals surface area contributed by atoms with Gasteiger partial charge < -0.3 is 9.47 Å². The largest absolute Gasteiger partial charge is 0.334 e. The summed E-state index contributed by atoms with van der Waals surface area (Å²) in [5, 5.41) is 8.77. The summed E-state index contributed by atoms with van der Waals surface area (Å²) in [5.74, 6) is 1.70. The highest BCUT2D eigenvalue weighted by Gasteiger charge is 2.21. The highest BCUT2D eigenvalue weighted by atomic mass is 79.9. The van der Waals surface area contributed by atoms with Crippen molar-refractivity contribution in [1.82, 2.24) is 19.7 Å². The van der Waals surface area contributed by atoms with Gasteiger partial charge in [0.25, 0.3) is 5.91 Å². The third kappa shape index (κ3) is 2.82. The summed E-state index contributed by atoms with van der Waals surface area (Å²) in [6.07, 6.45) is 2.05. The zero-order valence-electron chi connectivity index (χ0n) is 11.5. The van der Waals surface area contributed by atoms with E-state index in [2.05, 4.69) is 30.7 Å². The van der Waals surface area contributed by atoms with E-state index in [4.69, 9.17) is 11.6 Å². The topological polar surface area (TPSA) is 51.0 Å². The SMILES string of the molecule is CN(Cc1nnc2n1CCC2)C(=O)c1cc(Br)ccc1Cl. The quantitative estimate of drug-likeness (QED) is 0.836. The Morgan fingerprint density at radius 3 is 3.10 bits per heavy atom. The van der Waals surface area contributed by atoms with Crippen molar-refractivity contribution in [2.45, 2.75) is 25.9 Å². The minimum absolute atomic E-state index is 0.128. The van der Waals surface area contributed by atoms with Crippen molar-refractivity contribution in [3.8, 4) is 0 Å². The fourth-order valence-electron chi connectivity index (χ4n) is 2.48. The molecule has 1 amide bonds. The fourth-order valence-corrected chi connectivity index (χ4v) is 3.04. The third-order valence-electron chi connectivity index (χ3n) is 3.57. The molecule has 0 aliphatic carbocycles. The normalized spacial score (nSPS) is 13.3. The maximum atomic E-state index is 12.5. The predicted molar refractivity (Wildman–Crippen MR) is 83.3 cm³/mol. The maximum absolute atomic E-state index is 12.5. The Hall–Kier alpha value is -1.40. The molecule has 7 heteroatoms. The van der Waals surface area contributed by atoms with Crippen molar-refractivity contribution in [1.29, 1.82) is 0 Å². The van der Waals surface area contributed by atoms with Crippen LogP contribution in [0, 0.1) is 0 Å². The first-order valence-electron chi connectivity index (χ1n) is 6.67. The minimum Gasteiger partial charge on any atom is -0.334 e. The van der Waals surface area contributed by atoms with Crippen LogP contribution in [-0.4, -0.2) is 32.6 Å². The van der Waals surface area contributed by atoms with Gasteiger partial charge in [0, 0.05) is 24.5 Å². The van der Waals surface area contributed by atoms with Crippen LogP contribution in [0.25, 0.3) is 0 Å². The molecule has 0 spiro atoms. The summed E-state index contributed by atoms with van der Waals surface area (Å²) in [4.78, 5) is 14.1. The lowest BCUT2D eigenvalue weighted by Crippen LogP contribution is -2.28. The second-order valence-electron chi connectivity index (χ2n) is 5.07. The van der Waals surface area contributed by atoms with E-state index in [-0.39, 0.29) is 5.91 Å². The van der Waals surface area contributed by atoms with Gasteiger partial charge >= 0.3 is 0 Å². The van der Waals surface area contributed by atoms with Crippen LogP contribution in [0.3, 0.4) is 0 Å². The number of hydrogen-bond acceptors (Lipinski definition) is 3. The molecule has 3 rings (SSSR count). The summed E-state index contributed by atoms with van der Waals surface area (Å²) >= 11 is 9.47. The number of rotatable bonds is 3. The van der Waals surface area contributed by atoms with E-state index in [0.717, 1.165) is 35.5 Å². The molecular weight excluding hydrogens is 356 g/mol. The second-order valence-corrected chi connectivity index (χ2v) is 6.40. The Kier molecular flexibility index (Phi) is 3.99. The maximum Gasteiger partial charge on any atom is 0.255 e. The molecule has 5 nitrogen and oxygen atoms in total. The molecule has 21 heavy (non-hydrogen) atoms. The van der Waals surface area contributed by atoms with E-state index in [1.54, 1.807) is 24.1 Å². The number of nitrogens with zero attached hydrogens (tertiary/aromatic N) is 4. The smallest absolute Gasteiger partial charge is 0.255 e. The van der Waals surface area contributed by atoms with Gasteiger partial charge in [0.1, 0.15) is 5.82 Å². The number of benzene rings is 1. The monoisotopic (exact) mass is 368 g/mol. The Labute approximate surface area is 136 Å². The highest BCUT2D eigenvalue weighted by molar-refractivity contribution is 9.10. The van der Waals surface area contributed by atoms with E-state index >= 15 is 0 Å². The first kappa shape index (κ1) is 14.5. The Morgan fingerprint density at radius 1 is 1.48 bits per heavy atom. The molecule has 0 saturated carbocycles. The standard InChI is InChI=1S/C14H14BrClN4O/c1-19(8-13-18-17-12-3-2-6-20(12)13)14(21)10-7-9(15)4-5-11(10)16/h4-5,7H,2-3,6,8H2,1H3. The van der Waals surface area contributed by atoms with Gasteiger partial charge in [0.2, 0.25) is 0 Å². The summed E-state index contributed by atoms with van der Waals surface area (Å²) in [6, 6.07) is 5.25. The average Bonchev–Trinajstić information content (AvgIpc) is 3.05. The molecule has 0 unspecified atom stereocenters. The Morgan fingerprint density at radius 2 is 2.29 bits per heavy atom. The minimum atomic E-state index is -0.128. The van der Waals surface area contributed by atoms with Crippen LogP contribution in [0.2, 0.25) is 5.02 Å². The molecule has 0 bridgehead atoms. The zero-order valence-corrected chi connectivity index (χ0v) is 13.9.